The van der Waals surface area contributed by atoms with Crippen molar-refractivity contribution in [3.05, 3.63) is 44.7 Å². The van der Waals surface area contributed by atoms with Crippen molar-refractivity contribution < 1.29 is 0 Å². The van der Waals surface area contributed by atoms with E-state index in [1.807, 2.05) is 24.4 Å². The molecule has 0 aliphatic rings. The second-order valence-electron chi connectivity index (χ2n) is 3.01. The fourth-order valence-corrected chi connectivity index (χ4v) is 2.16. The van der Waals surface area contributed by atoms with Crippen molar-refractivity contribution in [1.29, 1.82) is 0 Å². The van der Waals surface area contributed by atoms with E-state index in [4.69, 9.17) is 23.2 Å². The summed E-state index contributed by atoms with van der Waals surface area (Å²) in [5, 5.41) is 4.87. The van der Waals surface area contributed by atoms with Crippen molar-refractivity contribution in [2.45, 2.75) is 5.88 Å². The average molecular weight is 353 g/mol. The van der Waals surface area contributed by atoms with Crippen molar-refractivity contribution in [2.24, 2.45) is 0 Å². The molecule has 0 aliphatic carbocycles. The van der Waals surface area contributed by atoms with Gasteiger partial charge in [-0.15, -0.1) is 11.6 Å². The summed E-state index contributed by atoms with van der Waals surface area (Å²) in [5.74, 6) is 0.426. The predicted octanol–water partition coefficient (Wildman–Crippen LogP) is 3.87. The van der Waals surface area contributed by atoms with Crippen LogP contribution in [0.25, 0.3) is 5.69 Å². The number of benzene rings is 1. The quantitative estimate of drug-likeness (QED) is 0.592. The van der Waals surface area contributed by atoms with E-state index in [0.717, 1.165) is 14.8 Å². The molecule has 1 aromatic carbocycles. The largest absolute Gasteiger partial charge is 0.240 e. The first-order valence-electron chi connectivity index (χ1n) is 4.25. The summed E-state index contributed by atoms with van der Waals surface area (Å²) in [6.07, 6.45) is 3.73. The maximum Gasteiger partial charge on any atom is 0.0661 e. The Morgan fingerprint density at radius 1 is 1.40 bits per heavy atom. The highest BCUT2D eigenvalue weighted by molar-refractivity contribution is 14.1. The fourth-order valence-electron chi connectivity index (χ4n) is 1.23. The lowest BCUT2D eigenvalue weighted by Gasteiger charge is -2.04. The van der Waals surface area contributed by atoms with E-state index >= 15 is 0 Å². The van der Waals surface area contributed by atoms with Crippen molar-refractivity contribution in [3.63, 3.8) is 0 Å². The van der Waals surface area contributed by atoms with Crippen LogP contribution in [0.5, 0.6) is 0 Å². The second-order valence-corrected chi connectivity index (χ2v) is 4.93. The summed E-state index contributed by atoms with van der Waals surface area (Å²) in [4.78, 5) is 0. The van der Waals surface area contributed by atoms with Gasteiger partial charge in [-0.1, -0.05) is 17.7 Å². The van der Waals surface area contributed by atoms with Crippen LogP contribution in [0.2, 0.25) is 5.02 Å². The topological polar surface area (TPSA) is 17.8 Å². The van der Waals surface area contributed by atoms with Gasteiger partial charge in [-0.05, 0) is 40.3 Å². The smallest absolute Gasteiger partial charge is 0.0661 e. The zero-order chi connectivity index (χ0) is 10.8. The van der Waals surface area contributed by atoms with E-state index in [1.54, 1.807) is 10.9 Å². The van der Waals surface area contributed by atoms with Crippen LogP contribution in [-0.4, -0.2) is 9.78 Å². The maximum absolute atomic E-state index is 6.06. The molecule has 0 unspecified atom stereocenters. The molecule has 0 fully saturated rings. The summed E-state index contributed by atoms with van der Waals surface area (Å²) in [7, 11) is 0. The van der Waals surface area contributed by atoms with Gasteiger partial charge in [-0.3, -0.25) is 0 Å². The third kappa shape index (κ3) is 2.46. The molecule has 5 heteroatoms. The summed E-state index contributed by atoms with van der Waals surface area (Å²) in [5.41, 5.74) is 1.88. The normalized spacial score (nSPS) is 10.6. The van der Waals surface area contributed by atoms with Gasteiger partial charge in [-0.25, -0.2) is 4.68 Å². The molecule has 0 radical (unpaired) electrons. The highest BCUT2D eigenvalue weighted by Gasteiger charge is 2.03. The molecule has 0 N–H and O–H groups in total. The van der Waals surface area contributed by atoms with Gasteiger partial charge in [0, 0.05) is 17.1 Å². The zero-order valence-corrected chi connectivity index (χ0v) is 11.3. The summed E-state index contributed by atoms with van der Waals surface area (Å²) < 4.78 is 2.87. The van der Waals surface area contributed by atoms with Crippen molar-refractivity contribution in [1.82, 2.24) is 9.78 Å². The van der Waals surface area contributed by atoms with Gasteiger partial charge in [0.15, 0.2) is 0 Å². The van der Waals surface area contributed by atoms with Gasteiger partial charge >= 0.3 is 0 Å². The first-order chi connectivity index (χ1) is 7.20. The van der Waals surface area contributed by atoms with Gasteiger partial charge in [0.25, 0.3) is 0 Å². The molecule has 2 rings (SSSR count). The molecule has 2 aromatic rings. The highest BCUT2D eigenvalue weighted by Crippen LogP contribution is 2.21. The molecular formula is C10H7Cl2IN2. The molecule has 2 nitrogen and oxygen atoms in total. The highest BCUT2D eigenvalue weighted by atomic mass is 127. The Bertz CT molecular complexity index is 482. The standard InChI is InChI=1S/C10H7Cl2IN2/c11-4-7-1-2-9(3-10(7)12)15-6-8(13)5-14-15/h1-3,5-6H,4H2. The maximum atomic E-state index is 6.06. The van der Waals surface area contributed by atoms with Gasteiger partial charge < -0.3 is 0 Å². The number of nitrogens with zero attached hydrogens (tertiary/aromatic N) is 2. The fraction of sp³-hybridized carbons (Fsp3) is 0.100. The Labute approximate surface area is 111 Å². The van der Waals surface area contributed by atoms with Crippen molar-refractivity contribution in [2.75, 3.05) is 0 Å². The predicted molar refractivity (Wildman–Crippen MR) is 70.8 cm³/mol. The first-order valence-corrected chi connectivity index (χ1v) is 6.25. The molecule has 0 atom stereocenters. The van der Waals surface area contributed by atoms with E-state index in [-0.39, 0.29) is 0 Å². The molecule has 1 aromatic heterocycles. The molecule has 0 aliphatic heterocycles. The number of rotatable bonds is 2. The van der Waals surface area contributed by atoms with Gasteiger partial charge in [0.1, 0.15) is 0 Å². The molecule has 15 heavy (non-hydrogen) atoms. The second kappa shape index (κ2) is 4.72. The molecule has 1 heterocycles. The minimum atomic E-state index is 0.426. The van der Waals surface area contributed by atoms with E-state index in [9.17, 15) is 0 Å². The third-order valence-electron chi connectivity index (χ3n) is 2.00. The van der Waals surface area contributed by atoms with Crippen LogP contribution in [0, 0.1) is 3.57 Å². The summed E-state index contributed by atoms with van der Waals surface area (Å²) in [6.45, 7) is 0. The Balaban J connectivity index is 2.42. The van der Waals surface area contributed by atoms with Crippen LogP contribution < -0.4 is 0 Å². The lowest BCUT2D eigenvalue weighted by molar-refractivity contribution is 0.880. The van der Waals surface area contributed by atoms with Crippen molar-refractivity contribution >= 4 is 45.8 Å². The number of hydrogen-bond donors (Lipinski definition) is 0. The molecule has 0 spiro atoms. The van der Waals surface area contributed by atoms with Crippen LogP contribution >= 0.6 is 45.8 Å². The monoisotopic (exact) mass is 352 g/mol. The number of halogens is 3. The Kier molecular flexibility index (Phi) is 3.53. The molecule has 0 bridgehead atoms. The molecule has 0 amide bonds. The van der Waals surface area contributed by atoms with E-state index in [1.165, 1.54) is 0 Å². The van der Waals surface area contributed by atoms with Crippen molar-refractivity contribution in [3.8, 4) is 5.69 Å². The Morgan fingerprint density at radius 3 is 2.73 bits per heavy atom. The van der Waals surface area contributed by atoms with E-state index in [0.29, 0.717) is 10.9 Å². The molecule has 78 valence electrons. The Hall–Kier alpha value is -0.260. The third-order valence-corrected chi connectivity index (χ3v) is 3.19. The number of aromatic nitrogens is 2. The van der Waals surface area contributed by atoms with Gasteiger partial charge in [0.05, 0.1) is 15.5 Å². The Morgan fingerprint density at radius 2 is 2.20 bits per heavy atom. The minimum absolute atomic E-state index is 0.426. The summed E-state index contributed by atoms with van der Waals surface area (Å²) in [6, 6.07) is 5.73. The minimum Gasteiger partial charge on any atom is -0.240 e. The molecule has 0 saturated heterocycles. The van der Waals surface area contributed by atoms with E-state index < -0.39 is 0 Å². The molecular weight excluding hydrogens is 346 g/mol. The van der Waals surface area contributed by atoms with Crippen LogP contribution in [0.15, 0.2) is 30.6 Å². The van der Waals surface area contributed by atoms with Crippen LogP contribution in [0.3, 0.4) is 0 Å². The number of alkyl halides is 1. The van der Waals surface area contributed by atoms with Crippen LogP contribution in [-0.2, 0) is 5.88 Å². The average Bonchev–Trinajstić information content (AvgIpc) is 2.65. The van der Waals surface area contributed by atoms with Gasteiger partial charge in [0.2, 0.25) is 0 Å². The summed E-state index contributed by atoms with van der Waals surface area (Å²) >= 11 is 14.0. The van der Waals surface area contributed by atoms with Crippen LogP contribution in [0.4, 0.5) is 0 Å². The van der Waals surface area contributed by atoms with Crippen LogP contribution in [0.1, 0.15) is 5.56 Å². The van der Waals surface area contributed by atoms with Gasteiger partial charge in [-0.2, -0.15) is 5.10 Å². The molecule has 0 saturated carbocycles. The first kappa shape index (κ1) is 11.2. The van der Waals surface area contributed by atoms with E-state index in [2.05, 4.69) is 27.7 Å². The number of hydrogen-bond acceptors (Lipinski definition) is 1. The SMILES string of the molecule is ClCc1ccc(-n2cc(I)cn2)cc1Cl. The lowest BCUT2D eigenvalue weighted by atomic mass is 10.2. The lowest BCUT2D eigenvalue weighted by Crippen LogP contribution is -1.94. The zero-order valence-electron chi connectivity index (χ0n) is 7.62.